The quantitative estimate of drug-likeness (QED) is 0.477. The lowest BCUT2D eigenvalue weighted by Crippen LogP contribution is -2.14. The van der Waals surface area contributed by atoms with Gasteiger partial charge in [0.2, 0.25) is 5.91 Å². The average Bonchev–Trinajstić information content (AvgIpc) is 2.62. The van der Waals surface area contributed by atoms with E-state index < -0.39 is 10.9 Å². The molecule has 0 aliphatic rings. The first-order valence-corrected chi connectivity index (χ1v) is 8.21. The van der Waals surface area contributed by atoms with Crippen LogP contribution < -0.4 is 5.32 Å². The summed E-state index contributed by atoms with van der Waals surface area (Å²) in [6.45, 7) is 1.70. The first-order chi connectivity index (χ1) is 12.0. The zero-order valence-corrected chi connectivity index (χ0v) is 14.5. The largest absolute Gasteiger partial charge is 0.465 e. The fraction of sp³-hybridized carbons (Fsp3) is 0.176. The van der Waals surface area contributed by atoms with E-state index in [0.717, 1.165) is 11.8 Å². The van der Waals surface area contributed by atoms with Crippen molar-refractivity contribution >= 4 is 35.0 Å². The van der Waals surface area contributed by atoms with Crippen LogP contribution in [0.5, 0.6) is 0 Å². The number of anilines is 1. The van der Waals surface area contributed by atoms with E-state index in [1.165, 1.54) is 13.2 Å². The Bertz CT molecular complexity index is 822. The summed E-state index contributed by atoms with van der Waals surface area (Å²) >= 11 is 1.16. The topological polar surface area (TPSA) is 98.5 Å². The number of rotatable bonds is 6. The Morgan fingerprint density at radius 1 is 1.24 bits per heavy atom. The Balaban J connectivity index is 2.39. The fourth-order valence-electron chi connectivity index (χ4n) is 2.03. The minimum atomic E-state index is -0.601. The molecular formula is C17H16N2O5S. The van der Waals surface area contributed by atoms with Crippen molar-refractivity contribution < 1.29 is 19.2 Å². The van der Waals surface area contributed by atoms with Crippen LogP contribution in [0.25, 0.3) is 0 Å². The van der Waals surface area contributed by atoms with Gasteiger partial charge in [0.1, 0.15) is 0 Å². The van der Waals surface area contributed by atoms with Gasteiger partial charge in [0.05, 0.1) is 28.2 Å². The minimum absolute atomic E-state index is 0.0181. The molecule has 8 heteroatoms. The predicted molar refractivity (Wildman–Crippen MR) is 93.9 cm³/mol. The highest BCUT2D eigenvalue weighted by Gasteiger charge is 2.17. The van der Waals surface area contributed by atoms with E-state index in [2.05, 4.69) is 5.32 Å². The van der Waals surface area contributed by atoms with Crippen LogP contribution in [0.4, 0.5) is 11.4 Å². The lowest BCUT2D eigenvalue weighted by molar-refractivity contribution is -0.387. The molecule has 0 bridgehead atoms. The van der Waals surface area contributed by atoms with Gasteiger partial charge in [-0.05, 0) is 24.3 Å². The molecule has 0 atom stereocenters. The zero-order valence-electron chi connectivity index (χ0n) is 13.6. The number of nitrogens with zero attached hydrogens (tertiary/aromatic N) is 1. The molecule has 0 saturated carbocycles. The maximum atomic E-state index is 12.0. The number of esters is 1. The number of methoxy groups -OCH3 is 1. The number of nitro benzene ring substituents is 1. The summed E-state index contributed by atoms with van der Waals surface area (Å²) in [6, 6.07) is 11.1. The first-order valence-electron chi connectivity index (χ1n) is 7.39. The summed E-state index contributed by atoms with van der Waals surface area (Å²) in [6.07, 6.45) is 0.271. The second-order valence-electron chi connectivity index (χ2n) is 4.93. The maximum Gasteiger partial charge on any atom is 0.340 e. The number of hydrogen-bond acceptors (Lipinski definition) is 6. The molecule has 0 radical (unpaired) electrons. The molecule has 0 aliphatic carbocycles. The average molecular weight is 360 g/mol. The second kappa shape index (κ2) is 8.29. The van der Waals surface area contributed by atoms with E-state index in [-0.39, 0.29) is 23.6 Å². The van der Waals surface area contributed by atoms with Crippen LogP contribution in [-0.2, 0) is 9.53 Å². The molecule has 7 nitrogen and oxygen atoms in total. The summed E-state index contributed by atoms with van der Waals surface area (Å²) in [5.74, 6) is -0.833. The molecule has 0 spiro atoms. The first kappa shape index (κ1) is 18.5. The van der Waals surface area contributed by atoms with E-state index in [0.29, 0.717) is 15.5 Å². The fourth-order valence-corrected chi connectivity index (χ4v) is 3.00. The number of carbonyl (C=O) groups is 2. The Morgan fingerprint density at radius 2 is 1.96 bits per heavy atom. The summed E-state index contributed by atoms with van der Waals surface area (Å²) in [5.41, 5.74) is 0.508. The molecule has 130 valence electrons. The molecule has 2 aromatic carbocycles. The molecule has 0 heterocycles. The monoisotopic (exact) mass is 360 g/mol. The van der Waals surface area contributed by atoms with Gasteiger partial charge in [-0.15, -0.1) is 0 Å². The summed E-state index contributed by atoms with van der Waals surface area (Å²) in [4.78, 5) is 35.3. The lowest BCUT2D eigenvalue weighted by atomic mass is 10.1. The highest BCUT2D eigenvalue weighted by molar-refractivity contribution is 7.99. The van der Waals surface area contributed by atoms with Crippen LogP contribution >= 0.6 is 11.8 Å². The molecule has 0 fully saturated rings. The van der Waals surface area contributed by atoms with Crippen molar-refractivity contribution in [2.75, 3.05) is 12.4 Å². The Hall–Kier alpha value is -2.87. The van der Waals surface area contributed by atoms with Gasteiger partial charge in [0.25, 0.3) is 5.69 Å². The number of hydrogen-bond donors (Lipinski definition) is 1. The van der Waals surface area contributed by atoms with Gasteiger partial charge >= 0.3 is 5.97 Å². The van der Waals surface area contributed by atoms with Crippen LogP contribution in [0.3, 0.4) is 0 Å². The van der Waals surface area contributed by atoms with Crippen LogP contribution in [0.2, 0.25) is 0 Å². The number of nitro groups is 1. The van der Waals surface area contributed by atoms with E-state index >= 15 is 0 Å². The molecule has 25 heavy (non-hydrogen) atoms. The van der Waals surface area contributed by atoms with Crippen LogP contribution in [0.1, 0.15) is 23.7 Å². The van der Waals surface area contributed by atoms with Crippen LogP contribution in [0.15, 0.2) is 52.3 Å². The summed E-state index contributed by atoms with van der Waals surface area (Å²) < 4.78 is 4.75. The number of para-hydroxylation sites is 1. The standard InChI is InChI=1S/C17H16N2O5S/c1-3-16(20)18-13-9-8-11(10-12(13)17(21)24-2)25-15-7-5-4-6-14(15)19(22)23/h4-10H,3H2,1-2H3,(H,18,20). The minimum Gasteiger partial charge on any atom is -0.465 e. The van der Waals surface area contributed by atoms with Crippen molar-refractivity contribution in [3.8, 4) is 0 Å². The van der Waals surface area contributed by atoms with Crippen LogP contribution in [-0.4, -0.2) is 23.9 Å². The molecule has 1 amide bonds. The third-order valence-electron chi connectivity index (χ3n) is 3.28. The zero-order chi connectivity index (χ0) is 18.4. The summed E-state index contributed by atoms with van der Waals surface area (Å²) in [5, 5.41) is 13.8. The summed E-state index contributed by atoms with van der Waals surface area (Å²) in [7, 11) is 1.25. The van der Waals surface area contributed by atoms with Crippen molar-refractivity contribution in [3.05, 3.63) is 58.1 Å². The Morgan fingerprint density at radius 3 is 2.60 bits per heavy atom. The highest BCUT2D eigenvalue weighted by atomic mass is 32.2. The Labute approximate surface area is 148 Å². The van der Waals surface area contributed by atoms with Gasteiger partial charge in [0.15, 0.2) is 0 Å². The molecule has 0 aromatic heterocycles. The van der Waals surface area contributed by atoms with E-state index in [1.807, 2.05) is 0 Å². The number of nitrogens with one attached hydrogen (secondary N) is 1. The number of amides is 1. The molecule has 1 N–H and O–H groups in total. The second-order valence-corrected chi connectivity index (χ2v) is 6.04. The number of benzene rings is 2. The molecular weight excluding hydrogens is 344 g/mol. The number of carbonyl (C=O) groups excluding carboxylic acids is 2. The van der Waals surface area contributed by atoms with Crippen molar-refractivity contribution in [2.45, 2.75) is 23.1 Å². The van der Waals surface area contributed by atoms with Gasteiger partial charge in [-0.2, -0.15) is 0 Å². The van der Waals surface area contributed by atoms with E-state index in [1.54, 1.807) is 43.3 Å². The molecule has 0 unspecified atom stereocenters. The van der Waals surface area contributed by atoms with Gasteiger partial charge in [-0.1, -0.05) is 30.8 Å². The van der Waals surface area contributed by atoms with E-state index in [9.17, 15) is 19.7 Å². The van der Waals surface area contributed by atoms with Gasteiger partial charge in [-0.25, -0.2) is 4.79 Å². The smallest absolute Gasteiger partial charge is 0.340 e. The maximum absolute atomic E-state index is 12.0. The van der Waals surface area contributed by atoms with Crippen LogP contribution in [0, 0.1) is 10.1 Å². The third kappa shape index (κ3) is 4.57. The molecule has 0 aliphatic heterocycles. The van der Waals surface area contributed by atoms with Crippen molar-refractivity contribution in [2.24, 2.45) is 0 Å². The third-order valence-corrected chi connectivity index (χ3v) is 4.34. The molecule has 2 aromatic rings. The number of ether oxygens (including phenoxy) is 1. The van der Waals surface area contributed by atoms with Gasteiger partial charge in [-0.3, -0.25) is 14.9 Å². The Kier molecular flexibility index (Phi) is 6.13. The predicted octanol–water partition coefficient (Wildman–Crippen LogP) is 3.88. The lowest BCUT2D eigenvalue weighted by Gasteiger charge is -2.11. The van der Waals surface area contributed by atoms with Crippen molar-refractivity contribution in [1.29, 1.82) is 0 Å². The van der Waals surface area contributed by atoms with Gasteiger partial charge in [0, 0.05) is 17.4 Å². The SMILES string of the molecule is CCC(=O)Nc1ccc(Sc2ccccc2[N+](=O)[O-])cc1C(=O)OC. The molecule has 2 rings (SSSR count). The van der Waals surface area contributed by atoms with Crippen molar-refractivity contribution in [3.63, 3.8) is 0 Å². The van der Waals surface area contributed by atoms with Gasteiger partial charge < -0.3 is 10.1 Å². The van der Waals surface area contributed by atoms with Crippen molar-refractivity contribution in [1.82, 2.24) is 0 Å². The van der Waals surface area contributed by atoms with E-state index in [4.69, 9.17) is 4.74 Å². The molecule has 0 saturated heterocycles. The highest BCUT2D eigenvalue weighted by Crippen LogP contribution is 2.36. The normalized spacial score (nSPS) is 10.2.